The number of nitrogens with two attached hydrogens (primary N) is 1. The Bertz CT molecular complexity index is 233. The van der Waals surface area contributed by atoms with Gasteiger partial charge in [-0.1, -0.05) is 34.1 Å². The van der Waals surface area contributed by atoms with Crippen LogP contribution >= 0.6 is 0 Å². The summed E-state index contributed by atoms with van der Waals surface area (Å²) in [6.45, 7) is 14.1. The van der Waals surface area contributed by atoms with Gasteiger partial charge in [0, 0.05) is 0 Å². The van der Waals surface area contributed by atoms with E-state index in [9.17, 15) is 0 Å². The van der Waals surface area contributed by atoms with Crippen LogP contribution in [0.15, 0.2) is 0 Å². The predicted octanol–water partition coefficient (Wildman–Crippen LogP) is 3.65. The summed E-state index contributed by atoms with van der Waals surface area (Å²) in [5.74, 6) is 0. The molecule has 0 amide bonds. The maximum Gasteiger partial charge on any atom is -0.00136 e. The van der Waals surface area contributed by atoms with Crippen LogP contribution in [0.4, 0.5) is 0 Å². The lowest BCUT2D eigenvalue weighted by molar-refractivity contribution is 0.249. The standard InChI is InChI=1S/C16H34N2/c1-15(2)9-7-12-18(13-10-15)11-6-5-8-16(3,4)14-17/h5-14,17H2,1-4H3. The first-order valence-electron chi connectivity index (χ1n) is 7.77. The molecule has 0 unspecified atom stereocenters. The van der Waals surface area contributed by atoms with E-state index in [4.69, 9.17) is 5.73 Å². The van der Waals surface area contributed by atoms with Gasteiger partial charge in [0.15, 0.2) is 0 Å². The summed E-state index contributed by atoms with van der Waals surface area (Å²) in [5, 5.41) is 0. The highest BCUT2D eigenvalue weighted by atomic mass is 15.1. The quantitative estimate of drug-likeness (QED) is 0.733. The van der Waals surface area contributed by atoms with Crippen molar-refractivity contribution in [3.8, 4) is 0 Å². The first kappa shape index (κ1) is 16.0. The molecule has 0 bridgehead atoms. The van der Waals surface area contributed by atoms with Gasteiger partial charge in [0.25, 0.3) is 0 Å². The summed E-state index contributed by atoms with van der Waals surface area (Å²) in [7, 11) is 0. The van der Waals surface area contributed by atoms with Gasteiger partial charge in [-0.2, -0.15) is 0 Å². The first-order chi connectivity index (χ1) is 8.35. The number of rotatable bonds is 6. The Morgan fingerprint density at radius 3 is 2.50 bits per heavy atom. The predicted molar refractivity (Wildman–Crippen MR) is 80.8 cm³/mol. The van der Waals surface area contributed by atoms with Crippen molar-refractivity contribution in [3.63, 3.8) is 0 Å². The molecule has 18 heavy (non-hydrogen) atoms. The maximum absolute atomic E-state index is 5.77. The molecule has 0 saturated carbocycles. The van der Waals surface area contributed by atoms with E-state index >= 15 is 0 Å². The third-order valence-corrected chi connectivity index (χ3v) is 4.56. The number of hydrogen-bond donors (Lipinski definition) is 1. The van der Waals surface area contributed by atoms with E-state index in [-0.39, 0.29) is 0 Å². The zero-order valence-electron chi connectivity index (χ0n) is 13.1. The Morgan fingerprint density at radius 1 is 1.11 bits per heavy atom. The molecule has 2 heteroatoms. The van der Waals surface area contributed by atoms with Crippen molar-refractivity contribution >= 4 is 0 Å². The van der Waals surface area contributed by atoms with Crippen LogP contribution in [-0.4, -0.2) is 31.1 Å². The molecular weight excluding hydrogens is 220 g/mol. The molecule has 1 aliphatic rings. The van der Waals surface area contributed by atoms with Gasteiger partial charge in [0.1, 0.15) is 0 Å². The fourth-order valence-corrected chi connectivity index (χ4v) is 2.74. The van der Waals surface area contributed by atoms with E-state index in [0.29, 0.717) is 10.8 Å². The second-order valence-corrected chi connectivity index (χ2v) is 7.68. The van der Waals surface area contributed by atoms with Crippen molar-refractivity contribution in [2.75, 3.05) is 26.2 Å². The van der Waals surface area contributed by atoms with Crippen molar-refractivity contribution in [1.82, 2.24) is 4.90 Å². The molecule has 0 radical (unpaired) electrons. The second kappa shape index (κ2) is 6.91. The van der Waals surface area contributed by atoms with Gasteiger partial charge in [0.05, 0.1) is 0 Å². The van der Waals surface area contributed by atoms with Gasteiger partial charge >= 0.3 is 0 Å². The first-order valence-corrected chi connectivity index (χ1v) is 7.77. The SMILES string of the molecule is CC(C)(CN)CCCCN1CCCC(C)(C)CC1. The van der Waals surface area contributed by atoms with Crippen LogP contribution in [0.5, 0.6) is 0 Å². The molecule has 2 N–H and O–H groups in total. The molecule has 0 spiro atoms. The van der Waals surface area contributed by atoms with Crippen LogP contribution < -0.4 is 5.73 Å². The van der Waals surface area contributed by atoms with E-state index < -0.39 is 0 Å². The topological polar surface area (TPSA) is 29.3 Å². The molecule has 0 aromatic rings. The van der Waals surface area contributed by atoms with Crippen LogP contribution in [0.1, 0.15) is 66.2 Å². The molecule has 1 aliphatic heterocycles. The highest BCUT2D eigenvalue weighted by Crippen LogP contribution is 2.30. The summed E-state index contributed by atoms with van der Waals surface area (Å²) in [4.78, 5) is 2.67. The minimum absolute atomic E-state index is 0.334. The highest BCUT2D eigenvalue weighted by Gasteiger charge is 2.22. The van der Waals surface area contributed by atoms with Gasteiger partial charge in [-0.15, -0.1) is 0 Å². The summed E-state index contributed by atoms with van der Waals surface area (Å²) < 4.78 is 0. The van der Waals surface area contributed by atoms with E-state index in [0.717, 1.165) is 6.54 Å². The lowest BCUT2D eigenvalue weighted by Crippen LogP contribution is -2.27. The van der Waals surface area contributed by atoms with Crippen molar-refractivity contribution in [2.24, 2.45) is 16.6 Å². The third-order valence-electron chi connectivity index (χ3n) is 4.56. The molecule has 0 aliphatic carbocycles. The van der Waals surface area contributed by atoms with E-state index in [1.54, 1.807) is 0 Å². The second-order valence-electron chi connectivity index (χ2n) is 7.68. The van der Waals surface area contributed by atoms with Gasteiger partial charge in [-0.05, 0) is 69.1 Å². The van der Waals surface area contributed by atoms with Gasteiger partial charge in [0.2, 0.25) is 0 Å². The molecule has 0 aromatic carbocycles. The van der Waals surface area contributed by atoms with E-state index in [2.05, 4.69) is 32.6 Å². The molecule has 1 saturated heterocycles. The number of hydrogen-bond acceptors (Lipinski definition) is 2. The minimum Gasteiger partial charge on any atom is -0.330 e. The lowest BCUT2D eigenvalue weighted by atomic mass is 9.85. The van der Waals surface area contributed by atoms with E-state index in [1.807, 2.05) is 0 Å². The summed E-state index contributed by atoms with van der Waals surface area (Å²) in [5.41, 5.74) is 6.67. The molecule has 1 heterocycles. The van der Waals surface area contributed by atoms with Crippen molar-refractivity contribution in [3.05, 3.63) is 0 Å². The monoisotopic (exact) mass is 254 g/mol. The van der Waals surface area contributed by atoms with E-state index in [1.165, 1.54) is 58.2 Å². The van der Waals surface area contributed by atoms with Crippen molar-refractivity contribution in [1.29, 1.82) is 0 Å². The molecule has 2 nitrogen and oxygen atoms in total. The summed E-state index contributed by atoms with van der Waals surface area (Å²) in [6.07, 6.45) is 8.06. The zero-order chi connectivity index (χ0) is 13.6. The summed E-state index contributed by atoms with van der Waals surface area (Å²) >= 11 is 0. The van der Waals surface area contributed by atoms with Crippen LogP contribution in [0, 0.1) is 10.8 Å². The average Bonchev–Trinajstić information content (AvgIpc) is 2.46. The normalized spacial score (nSPS) is 21.8. The highest BCUT2D eigenvalue weighted by molar-refractivity contribution is 4.76. The Kier molecular flexibility index (Phi) is 6.13. The van der Waals surface area contributed by atoms with Crippen LogP contribution in [-0.2, 0) is 0 Å². The Morgan fingerprint density at radius 2 is 1.83 bits per heavy atom. The molecular formula is C16H34N2. The molecule has 108 valence electrons. The fourth-order valence-electron chi connectivity index (χ4n) is 2.74. The number of unbranched alkanes of at least 4 members (excludes halogenated alkanes) is 1. The van der Waals surface area contributed by atoms with Crippen molar-refractivity contribution in [2.45, 2.75) is 66.2 Å². The number of likely N-dealkylation sites (tertiary alicyclic amines) is 1. The fraction of sp³-hybridized carbons (Fsp3) is 1.00. The molecule has 1 fully saturated rings. The largest absolute Gasteiger partial charge is 0.330 e. The zero-order valence-corrected chi connectivity index (χ0v) is 13.1. The Hall–Kier alpha value is -0.0800. The smallest absolute Gasteiger partial charge is 0.00136 e. The average molecular weight is 254 g/mol. The lowest BCUT2D eigenvalue weighted by Gasteiger charge is -2.25. The van der Waals surface area contributed by atoms with Crippen LogP contribution in [0.25, 0.3) is 0 Å². The maximum atomic E-state index is 5.77. The summed E-state index contributed by atoms with van der Waals surface area (Å²) in [6, 6.07) is 0. The Labute approximate surface area is 114 Å². The molecule has 0 atom stereocenters. The van der Waals surface area contributed by atoms with Crippen LogP contribution in [0.2, 0.25) is 0 Å². The van der Waals surface area contributed by atoms with Crippen molar-refractivity contribution < 1.29 is 0 Å². The van der Waals surface area contributed by atoms with Gasteiger partial charge < -0.3 is 10.6 Å². The number of nitrogens with zero attached hydrogens (tertiary/aromatic N) is 1. The third kappa shape index (κ3) is 6.19. The molecule has 1 rings (SSSR count). The van der Waals surface area contributed by atoms with Gasteiger partial charge in [-0.3, -0.25) is 0 Å². The van der Waals surface area contributed by atoms with Gasteiger partial charge in [-0.25, -0.2) is 0 Å². The molecule has 0 aromatic heterocycles. The minimum atomic E-state index is 0.334. The van der Waals surface area contributed by atoms with Crippen LogP contribution in [0.3, 0.4) is 0 Å². The Balaban J connectivity index is 2.16.